The van der Waals surface area contributed by atoms with Gasteiger partial charge < -0.3 is 0 Å². The molecule has 2 heterocycles. The van der Waals surface area contributed by atoms with Crippen molar-refractivity contribution in [2.75, 3.05) is 0 Å². The van der Waals surface area contributed by atoms with Crippen molar-refractivity contribution in [1.82, 2.24) is 0 Å². The topological polar surface area (TPSA) is 0 Å². The molecule has 0 radical (unpaired) electrons. The lowest BCUT2D eigenvalue weighted by Gasteiger charge is -2.10. The van der Waals surface area contributed by atoms with Crippen molar-refractivity contribution in [3.8, 4) is 22.3 Å². The maximum atomic E-state index is 2.43. The molecule has 0 unspecified atom stereocenters. The van der Waals surface area contributed by atoms with Gasteiger partial charge >= 0.3 is 0 Å². The smallest absolute Gasteiger partial charge is 0.0534 e. The first-order chi connectivity index (χ1) is 21.8. The monoisotopic (exact) mass is 592 g/mol. The van der Waals surface area contributed by atoms with Crippen LogP contribution in [0, 0.1) is 0 Å². The van der Waals surface area contributed by atoms with E-state index < -0.39 is 0 Å². The Bertz CT molecular complexity index is 2780. The van der Waals surface area contributed by atoms with Gasteiger partial charge in [-0.1, -0.05) is 121 Å². The van der Waals surface area contributed by atoms with E-state index in [1.165, 1.54) is 94.9 Å². The van der Waals surface area contributed by atoms with Crippen molar-refractivity contribution in [3.63, 3.8) is 0 Å². The zero-order chi connectivity index (χ0) is 28.8. The summed E-state index contributed by atoms with van der Waals surface area (Å²) in [5.74, 6) is 0. The van der Waals surface area contributed by atoms with Gasteiger partial charge in [0.2, 0.25) is 0 Å². The summed E-state index contributed by atoms with van der Waals surface area (Å²) >= 11 is 3.88. The van der Waals surface area contributed by atoms with Gasteiger partial charge in [0.1, 0.15) is 0 Å². The summed E-state index contributed by atoms with van der Waals surface area (Å²) in [6, 6.07) is 54.0. The highest BCUT2D eigenvalue weighted by Crippen LogP contribution is 2.48. The first-order valence-electron chi connectivity index (χ1n) is 15.0. The molecule has 10 aromatic rings. The van der Waals surface area contributed by atoms with Crippen LogP contribution in [0.5, 0.6) is 0 Å². The van der Waals surface area contributed by atoms with Gasteiger partial charge in [-0.05, 0) is 78.8 Å². The Kier molecular flexibility index (Phi) is 5.13. The number of rotatable bonds is 2. The Morgan fingerprint density at radius 2 is 0.864 bits per heavy atom. The fourth-order valence-electron chi connectivity index (χ4n) is 7.08. The van der Waals surface area contributed by atoms with E-state index in [1.807, 2.05) is 22.7 Å². The van der Waals surface area contributed by atoms with Crippen LogP contribution in [0.15, 0.2) is 146 Å². The molecule has 0 atom stereocenters. The highest BCUT2D eigenvalue weighted by Gasteiger charge is 2.17. The molecule has 0 aliphatic carbocycles. The van der Waals surface area contributed by atoms with Crippen molar-refractivity contribution >= 4 is 95.3 Å². The Balaban J connectivity index is 1.20. The van der Waals surface area contributed by atoms with Crippen LogP contribution < -0.4 is 0 Å². The van der Waals surface area contributed by atoms with Crippen molar-refractivity contribution in [2.45, 2.75) is 0 Å². The highest BCUT2D eigenvalue weighted by molar-refractivity contribution is 7.33. The summed E-state index contributed by atoms with van der Waals surface area (Å²) in [7, 11) is 0. The van der Waals surface area contributed by atoms with Crippen LogP contribution in [-0.2, 0) is 0 Å². The zero-order valence-corrected chi connectivity index (χ0v) is 25.3. The minimum Gasteiger partial charge on any atom is -0.134 e. The van der Waals surface area contributed by atoms with E-state index in [0.29, 0.717) is 0 Å². The fourth-order valence-corrected chi connectivity index (χ4v) is 9.71. The predicted molar refractivity (Wildman–Crippen MR) is 196 cm³/mol. The van der Waals surface area contributed by atoms with E-state index >= 15 is 0 Å². The van der Waals surface area contributed by atoms with Gasteiger partial charge in [0.25, 0.3) is 0 Å². The first kappa shape index (κ1) is 24.4. The fraction of sp³-hybridized carbons (Fsp3) is 0. The average molecular weight is 593 g/mol. The number of hydrogen-bond donors (Lipinski definition) is 0. The third-order valence-electron chi connectivity index (χ3n) is 9.23. The number of hydrogen-bond acceptors (Lipinski definition) is 2. The van der Waals surface area contributed by atoms with Crippen LogP contribution in [-0.4, -0.2) is 0 Å². The maximum Gasteiger partial charge on any atom is 0.0534 e. The second-order valence-corrected chi connectivity index (χ2v) is 13.8. The number of benzene rings is 8. The third-order valence-corrected chi connectivity index (χ3v) is 11.7. The first-order valence-corrected chi connectivity index (χ1v) is 16.6. The van der Waals surface area contributed by atoms with Gasteiger partial charge in [0.15, 0.2) is 0 Å². The Morgan fingerprint density at radius 1 is 0.318 bits per heavy atom. The van der Waals surface area contributed by atoms with E-state index in [4.69, 9.17) is 0 Å². The number of fused-ring (bicyclic) bond motifs is 11. The molecule has 8 aromatic carbocycles. The van der Waals surface area contributed by atoms with Gasteiger partial charge in [0, 0.05) is 30.9 Å². The molecule has 0 spiro atoms. The van der Waals surface area contributed by atoms with Gasteiger partial charge in [-0.2, -0.15) is 0 Å². The van der Waals surface area contributed by atoms with Crippen LogP contribution >= 0.6 is 22.7 Å². The minimum atomic E-state index is 1.27. The summed E-state index contributed by atoms with van der Waals surface area (Å²) < 4.78 is 5.48. The summed E-state index contributed by atoms with van der Waals surface area (Å²) in [5, 5.41) is 13.2. The van der Waals surface area contributed by atoms with Crippen molar-refractivity contribution in [1.29, 1.82) is 0 Å². The molecule has 10 rings (SSSR count). The highest BCUT2D eigenvalue weighted by atomic mass is 32.1. The van der Waals surface area contributed by atoms with Crippen LogP contribution in [0.1, 0.15) is 0 Å². The maximum absolute atomic E-state index is 2.43. The lowest BCUT2D eigenvalue weighted by Crippen LogP contribution is -1.83. The summed E-state index contributed by atoms with van der Waals surface area (Å²) in [5.41, 5.74) is 5.11. The Hall–Kier alpha value is -5.02. The van der Waals surface area contributed by atoms with E-state index in [1.54, 1.807) is 0 Å². The van der Waals surface area contributed by atoms with Crippen LogP contribution in [0.25, 0.3) is 94.9 Å². The zero-order valence-electron chi connectivity index (χ0n) is 23.7. The third kappa shape index (κ3) is 3.56. The summed E-state index contributed by atoms with van der Waals surface area (Å²) in [4.78, 5) is 0. The van der Waals surface area contributed by atoms with Gasteiger partial charge in [-0.25, -0.2) is 0 Å². The molecule has 204 valence electrons. The molecule has 2 aromatic heterocycles. The molecule has 0 aliphatic rings. The lowest BCUT2D eigenvalue weighted by molar-refractivity contribution is 1.69. The van der Waals surface area contributed by atoms with Crippen molar-refractivity contribution in [3.05, 3.63) is 146 Å². The molecule has 44 heavy (non-hydrogen) atoms. The van der Waals surface area contributed by atoms with Crippen LogP contribution in [0.4, 0.5) is 0 Å². The number of thiophene rings is 2. The molecule has 2 heteroatoms. The Labute approximate surface area is 262 Å². The molecule has 0 saturated carbocycles. The average Bonchev–Trinajstić information content (AvgIpc) is 3.65. The molecule has 0 bridgehead atoms. The molecule has 0 N–H and O–H groups in total. The van der Waals surface area contributed by atoms with E-state index in [2.05, 4.69) is 146 Å². The van der Waals surface area contributed by atoms with E-state index in [-0.39, 0.29) is 0 Å². The van der Waals surface area contributed by atoms with Gasteiger partial charge in [0.05, 0.1) is 9.40 Å². The molecule has 0 saturated heterocycles. The van der Waals surface area contributed by atoms with Crippen LogP contribution in [0.3, 0.4) is 0 Å². The van der Waals surface area contributed by atoms with Crippen molar-refractivity contribution in [2.24, 2.45) is 0 Å². The second-order valence-electron chi connectivity index (χ2n) is 11.7. The summed E-state index contributed by atoms with van der Waals surface area (Å²) in [6.07, 6.45) is 0. The normalized spacial score (nSPS) is 12.1. The van der Waals surface area contributed by atoms with E-state index in [0.717, 1.165) is 0 Å². The molecular weight excluding hydrogens is 569 g/mol. The Morgan fingerprint density at radius 3 is 1.66 bits per heavy atom. The molecule has 0 nitrogen and oxygen atoms in total. The standard InChI is InChI=1S/C42H24S2/c1-3-9-27-21-29(15-13-25(27)7-1)30-17-18-33-35-19-20-36-40-34-12-6-5-11-32(34)37(31-16-14-26-8-2-4-10-28(26)22-31)24-39(40)44-42(36)41(35)43-38(33)23-30/h1-24H. The predicted octanol–water partition coefficient (Wildman–Crippen LogP) is 13.2. The molecular formula is C42H24S2. The largest absolute Gasteiger partial charge is 0.134 e. The molecule has 0 fully saturated rings. The lowest BCUT2D eigenvalue weighted by atomic mass is 9.93. The quantitative estimate of drug-likeness (QED) is 0.187. The molecule has 0 aliphatic heterocycles. The van der Waals surface area contributed by atoms with Crippen LogP contribution in [0.2, 0.25) is 0 Å². The van der Waals surface area contributed by atoms with Gasteiger partial charge in [-0.3, -0.25) is 0 Å². The second kappa shape index (κ2) is 9.24. The SMILES string of the molecule is c1ccc2cc(-c3ccc4c(c3)sc3c4ccc4c3sc3cc(-c5ccc6ccccc6c5)c5ccccc5c34)ccc2c1. The minimum absolute atomic E-state index is 1.27. The van der Waals surface area contributed by atoms with E-state index in [9.17, 15) is 0 Å². The van der Waals surface area contributed by atoms with Gasteiger partial charge in [-0.15, -0.1) is 22.7 Å². The van der Waals surface area contributed by atoms with Crippen molar-refractivity contribution < 1.29 is 0 Å². The molecule has 0 amide bonds. The summed E-state index contributed by atoms with van der Waals surface area (Å²) in [6.45, 7) is 0.